The molecule has 0 fully saturated rings. The number of hydrogen-bond acceptors (Lipinski definition) is 5. The summed E-state index contributed by atoms with van der Waals surface area (Å²) in [4.78, 5) is 11.2. The summed E-state index contributed by atoms with van der Waals surface area (Å²) in [5.74, 6) is 0.436. The number of halogens is 3. The van der Waals surface area contributed by atoms with Gasteiger partial charge in [-0.15, -0.1) is 20.4 Å². The van der Waals surface area contributed by atoms with Gasteiger partial charge in [0.1, 0.15) is 5.78 Å². The molecule has 26 heavy (non-hydrogen) atoms. The molecule has 0 aliphatic rings. The molecule has 0 unspecified atom stereocenters. The number of alkyl halides is 3. The lowest BCUT2D eigenvalue weighted by Crippen LogP contribution is -2.05. The van der Waals surface area contributed by atoms with Gasteiger partial charge in [0.15, 0.2) is 0 Å². The van der Waals surface area contributed by atoms with Crippen molar-refractivity contribution in [3.8, 4) is 22.8 Å². The van der Waals surface area contributed by atoms with Crippen LogP contribution in [0.5, 0.6) is 0 Å². The lowest BCUT2D eigenvalue weighted by Gasteiger charge is -2.07. The van der Waals surface area contributed by atoms with Crippen molar-refractivity contribution in [1.29, 1.82) is 0 Å². The summed E-state index contributed by atoms with van der Waals surface area (Å²) in [7, 11) is 0. The molecule has 0 saturated heterocycles. The van der Waals surface area contributed by atoms with Crippen molar-refractivity contribution >= 4 is 5.78 Å². The third-order valence-corrected chi connectivity index (χ3v) is 3.59. The summed E-state index contributed by atoms with van der Waals surface area (Å²) in [5.41, 5.74) is 1.11. The number of ketones is 1. The van der Waals surface area contributed by atoms with E-state index in [0.29, 0.717) is 17.5 Å². The quantitative estimate of drug-likeness (QED) is 0.710. The van der Waals surface area contributed by atoms with Gasteiger partial charge in [-0.1, -0.05) is 30.3 Å². The molecule has 0 aliphatic heterocycles. The molecule has 0 spiro atoms. The highest BCUT2D eigenvalue weighted by Gasteiger charge is 2.30. The number of rotatable bonds is 4. The van der Waals surface area contributed by atoms with Crippen LogP contribution in [0.1, 0.15) is 18.1 Å². The van der Waals surface area contributed by atoms with Crippen LogP contribution in [0.15, 0.2) is 48.5 Å². The highest BCUT2D eigenvalue weighted by Crippen LogP contribution is 2.30. The van der Waals surface area contributed by atoms with Gasteiger partial charge in [-0.25, -0.2) is 0 Å². The second-order valence-corrected chi connectivity index (χ2v) is 5.70. The second kappa shape index (κ2) is 6.99. The van der Waals surface area contributed by atoms with Crippen molar-refractivity contribution in [1.82, 2.24) is 20.4 Å². The third-order valence-electron chi connectivity index (χ3n) is 3.59. The van der Waals surface area contributed by atoms with E-state index in [2.05, 4.69) is 20.4 Å². The van der Waals surface area contributed by atoms with Gasteiger partial charge in [-0.2, -0.15) is 13.2 Å². The first-order valence-corrected chi connectivity index (χ1v) is 7.67. The molecule has 5 nitrogen and oxygen atoms in total. The van der Waals surface area contributed by atoms with Crippen LogP contribution >= 0.6 is 0 Å². The Balaban J connectivity index is 1.84. The van der Waals surface area contributed by atoms with Gasteiger partial charge in [-0.3, -0.25) is 4.79 Å². The minimum Gasteiger partial charge on any atom is -0.300 e. The first-order chi connectivity index (χ1) is 12.3. The summed E-state index contributed by atoms with van der Waals surface area (Å²) in [6.45, 7) is 1.51. The molecule has 132 valence electrons. The number of aromatic nitrogens is 4. The van der Waals surface area contributed by atoms with E-state index in [1.807, 2.05) is 6.07 Å². The topological polar surface area (TPSA) is 68.6 Å². The van der Waals surface area contributed by atoms with Gasteiger partial charge in [0.25, 0.3) is 0 Å². The average Bonchev–Trinajstić information content (AvgIpc) is 2.61. The fourth-order valence-corrected chi connectivity index (χ4v) is 2.38. The summed E-state index contributed by atoms with van der Waals surface area (Å²) >= 11 is 0. The summed E-state index contributed by atoms with van der Waals surface area (Å²) in [5, 5.41) is 15.8. The summed E-state index contributed by atoms with van der Waals surface area (Å²) < 4.78 is 37.8. The van der Waals surface area contributed by atoms with Gasteiger partial charge in [-0.05, 0) is 30.7 Å². The predicted octanol–water partition coefficient (Wildman–Crippen LogP) is 3.75. The van der Waals surface area contributed by atoms with Crippen LogP contribution in [0, 0.1) is 0 Å². The van der Waals surface area contributed by atoms with E-state index in [9.17, 15) is 18.0 Å². The Morgan fingerprint density at radius 2 is 1.46 bits per heavy atom. The highest BCUT2D eigenvalue weighted by atomic mass is 19.4. The highest BCUT2D eigenvalue weighted by molar-refractivity contribution is 5.78. The molecule has 1 heterocycles. The predicted molar refractivity (Wildman–Crippen MR) is 87.9 cm³/mol. The van der Waals surface area contributed by atoms with E-state index >= 15 is 0 Å². The van der Waals surface area contributed by atoms with Crippen molar-refractivity contribution in [3.05, 3.63) is 59.7 Å². The van der Waals surface area contributed by atoms with E-state index in [4.69, 9.17) is 0 Å². The lowest BCUT2D eigenvalue weighted by atomic mass is 10.1. The molecule has 2 aromatic carbocycles. The Labute approximate surface area is 146 Å². The van der Waals surface area contributed by atoms with Crippen molar-refractivity contribution in [2.45, 2.75) is 19.5 Å². The Morgan fingerprint density at radius 3 is 2.00 bits per heavy atom. The number of hydrogen-bond donors (Lipinski definition) is 0. The maximum atomic E-state index is 12.6. The molecule has 0 N–H and O–H groups in total. The number of Topliss-reactive ketones (excluding diaryl/α,β-unsaturated/α-hetero) is 1. The standard InChI is InChI=1S/C18H13F3N4O/c1-11(26)9-12-3-2-4-14(10-12)17-24-22-16(23-25-17)13-5-7-15(8-6-13)18(19,20)21/h2-8,10H,9H2,1H3. The lowest BCUT2D eigenvalue weighted by molar-refractivity contribution is -0.137. The van der Waals surface area contributed by atoms with Crippen molar-refractivity contribution in [2.75, 3.05) is 0 Å². The van der Waals surface area contributed by atoms with Gasteiger partial charge in [0.2, 0.25) is 11.6 Å². The average molecular weight is 358 g/mol. The van der Waals surface area contributed by atoms with Gasteiger partial charge >= 0.3 is 6.18 Å². The monoisotopic (exact) mass is 358 g/mol. The zero-order valence-corrected chi connectivity index (χ0v) is 13.7. The normalized spacial score (nSPS) is 11.4. The van der Waals surface area contributed by atoms with Crippen molar-refractivity contribution in [3.63, 3.8) is 0 Å². The molecule has 3 rings (SSSR count). The SMILES string of the molecule is CC(=O)Cc1cccc(-c2nnc(-c3ccc(C(F)(F)F)cc3)nn2)c1. The molecule has 0 atom stereocenters. The molecule has 0 radical (unpaired) electrons. The third kappa shape index (κ3) is 4.08. The number of benzene rings is 2. The summed E-state index contributed by atoms with van der Waals surface area (Å²) in [6, 6.07) is 11.6. The molecule has 8 heteroatoms. The van der Waals surface area contributed by atoms with Gasteiger partial charge in [0, 0.05) is 17.5 Å². The van der Waals surface area contributed by atoms with Crippen LogP contribution in [0.4, 0.5) is 13.2 Å². The van der Waals surface area contributed by atoms with Crippen molar-refractivity contribution in [2.24, 2.45) is 0 Å². The molecule has 0 amide bonds. The molecule has 0 bridgehead atoms. The second-order valence-electron chi connectivity index (χ2n) is 5.70. The van der Waals surface area contributed by atoms with E-state index in [1.54, 1.807) is 18.2 Å². The fraction of sp³-hybridized carbons (Fsp3) is 0.167. The van der Waals surface area contributed by atoms with Crippen LogP contribution in [0.3, 0.4) is 0 Å². The molecular formula is C18H13F3N4O. The van der Waals surface area contributed by atoms with Crippen LogP contribution < -0.4 is 0 Å². The number of carbonyl (C=O) groups is 1. The van der Waals surface area contributed by atoms with Crippen LogP contribution in [-0.2, 0) is 17.4 Å². The largest absolute Gasteiger partial charge is 0.416 e. The smallest absolute Gasteiger partial charge is 0.300 e. The molecule has 3 aromatic rings. The minimum absolute atomic E-state index is 0.0389. The Kier molecular flexibility index (Phi) is 4.75. The van der Waals surface area contributed by atoms with Crippen molar-refractivity contribution < 1.29 is 18.0 Å². The fourth-order valence-electron chi connectivity index (χ4n) is 2.38. The van der Waals surface area contributed by atoms with Crippen LogP contribution in [-0.4, -0.2) is 26.2 Å². The van der Waals surface area contributed by atoms with Crippen LogP contribution in [0.25, 0.3) is 22.8 Å². The Hall–Kier alpha value is -3.16. The molecule has 0 saturated carbocycles. The maximum absolute atomic E-state index is 12.6. The molecular weight excluding hydrogens is 345 g/mol. The Morgan fingerprint density at radius 1 is 0.885 bits per heavy atom. The zero-order chi connectivity index (χ0) is 18.7. The van der Waals surface area contributed by atoms with E-state index < -0.39 is 11.7 Å². The van der Waals surface area contributed by atoms with Gasteiger partial charge < -0.3 is 0 Å². The number of carbonyl (C=O) groups excluding carboxylic acids is 1. The van der Waals surface area contributed by atoms with E-state index in [0.717, 1.165) is 17.7 Å². The van der Waals surface area contributed by atoms with E-state index in [1.165, 1.54) is 19.1 Å². The molecule has 0 aliphatic carbocycles. The number of nitrogens with zero attached hydrogens (tertiary/aromatic N) is 4. The van der Waals surface area contributed by atoms with E-state index in [-0.39, 0.29) is 17.4 Å². The first-order valence-electron chi connectivity index (χ1n) is 7.67. The minimum atomic E-state index is -4.40. The maximum Gasteiger partial charge on any atom is 0.416 e. The summed E-state index contributed by atoms with van der Waals surface area (Å²) in [6.07, 6.45) is -4.09. The zero-order valence-electron chi connectivity index (χ0n) is 13.7. The Bertz CT molecular complexity index is 922. The van der Waals surface area contributed by atoms with Crippen LogP contribution in [0.2, 0.25) is 0 Å². The first kappa shape index (κ1) is 17.7. The van der Waals surface area contributed by atoms with Gasteiger partial charge in [0.05, 0.1) is 5.56 Å². The molecule has 1 aromatic heterocycles.